The highest BCUT2D eigenvalue weighted by Crippen LogP contribution is 2.20. The molecule has 1 aromatic carbocycles. The molecule has 3 heteroatoms. The van der Waals surface area contributed by atoms with Crippen molar-refractivity contribution < 1.29 is 0 Å². The second kappa shape index (κ2) is 9.93. The number of benzene rings is 1. The molecule has 0 heterocycles. The van der Waals surface area contributed by atoms with E-state index in [4.69, 9.17) is 5.73 Å². The summed E-state index contributed by atoms with van der Waals surface area (Å²) in [5.41, 5.74) is 8.70. The van der Waals surface area contributed by atoms with Gasteiger partial charge in [0, 0.05) is 19.1 Å². The van der Waals surface area contributed by atoms with Crippen LogP contribution in [-0.2, 0) is 0 Å². The van der Waals surface area contributed by atoms with E-state index in [2.05, 4.69) is 61.8 Å². The van der Waals surface area contributed by atoms with Crippen molar-refractivity contribution in [3.8, 4) is 0 Å². The zero-order valence-electron chi connectivity index (χ0n) is 14.3. The smallest absolute Gasteiger partial charge is 0.0470 e. The Hall–Kier alpha value is -0.900. The van der Waals surface area contributed by atoms with Gasteiger partial charge in [-0.25, -0.2) is 0 Å². The van der Waals surface area contributed by atoms with Gasteiger partial charge in [-0.15, -0.1) is 0 Å². The van der Waals surface area contributed by atoms with Crippen molar-refractivity contribution >= 4 is 0 Å². The van der Waals surface area contributed by atoms with E-state index in [9.17, 15) is 0 Å². The van der Waals surface area contributed by atoms with E-state index in [1.165, 1.54) is 24.1 Å². The van der Waals surface area contributed by atoms with Crippen molar-refractivity contribution in [3.05, 3.63) is 35.4 Å². The van der Waals surface area contributed by atoms with Crippen LogP contribution in [0.25, 0.3) is 0 Å². The van der Waals surface area contributed by atoms with Crippen molar-refractivity contribution in [3.63, 3.8) is 0 Å². The molecule has 0 fully saturated rings. The molecule has 0 aromatic heterocycles. The van der Waals surface area contributed by atoms with E-state index in [1.54, 1.807) is 0 Å². The number of nitrogens with zero attached hydrogens (tertiary/aromatic N) is 2. The first-order valence-electron chi connectivity index (χ1n) is 8.39. The Labute approximate surface area is 131 Å². The normalized spacial score (nSPS) is 13.1. The lowest BCUT2D eigenvalue weighted by atomic mass is 10.0. The van der Waals surface area contributed by atoms with Crippen molar-refractivity contribution in [2.24, 2.45) is 5.73 Å². The number of rotatable bonds is 10. The number of aryl methyl sites for hydroxylation is 1. The predicted molar refractivity (Wildman–Crippen MR) is 92.6 cm³/mol. The van der Waals surface area contributed by atoms with Crippen LogP contribution in [0.4, 0.5) is 0 Å². The van der Waals surface area contributed by atoms with Crippen molar-refractivity contribution in [1.29, 1.82) is 0 Å². The molecule has 2 N–H and O–H groups in total. The second-order valence-electron chi connectivity index (χ2n) is 5.67. The van der Waals surface area contributed by atoms with Crippen LogP contribution in [0.3, 0.4) is 0 Å². The van der Waals surface area contributed by atoms with Crippen molar-refractivity contribution in [2.45, 2.75) is 40.2 Å². The van der Waals surface area contributed by atoms with Crippen LogP contribution in [0.15, 0.2) is 24.3 Å². The topological polar surface area (TPSA) is 32.5 Å². The fraction of sp³-hybridized carbons (Fsp3) is 0.667. The zero-order valence-corrected chi connectivity index (χ0v) is 14.3. The lowest BCUT2D eigenvalue weighted by Crippen LogP contribution is -2.36. The molecule has 0 aliphatic heterocycles. The molecule has 0 amide bonds. The summed E-state index contributed by atoms with van der Waals surface area (Å²) in [5.74, 6) is 0. The number of hydrogen-bond donors (Lipinski definition) is 1. The largest absolute Gasteiger partial charge is 0.329 e. The minimum absolute atomic E-state index is 0.340. The molecular weight excluding hydrogens is 258 g/mol. The molecule has 0 bridgehead atoms. The van der Waals surface area contributed by atoms with Crippen molar-refractivity contribution in [2.75, 3.05) is 39.3 Å². The maximum atomic E-state index is 6.05. The van der Waals surface area contributed by atoms with Gasteiger partial charge in [0.05, 0.1) is 0 Å². The molecule has 1 aromatic rings. The Balaban J connectivity index is 2.61. The molecule has 1 rings (SSSR count). The summed E-state index contributed by atoms with van der Waals surface area (Å²) in [7, 11) is 0. The molecule has 3 nitrogen and oxygen atoms in total. The van der Waals surface area contributed by atoms with Gasteiger partial charge in [0.15, 0.2) is 0 Å². The van der Waals surface area contributed by atoms with Gasteiger partial charge in [-0.2, -0.15) is 0 Å². The van der Waals surface area contributed by atoms with Crippen molar-refractivity contribution in [1.82, 2.24) is 9.80 Å². The van der Waals surface area contributed by atoms with E-state index in [1.807, 2.05) is 0 Å². The molecule has 0 saturated carbocycles. The first-order chi connectivity index (χ1) is 10.2. The number of nitrogens with two attached hydrogens (primary N) is 1. The van der Waals surface area contributed by atoms with Crippen LogP contribution in [0.1, 0.15) is 44.4 Å². The summed E-state index contributed by atoms with van der Waals surface area (Å²) >= 11 is 0. The molecule has 0 spiro atoms. The molecule has 0 aliphatic carbocycles. The van der Waals surface area contributed by atoms with Crippen LogP contribution < -0.4 is 5.73 Å². The fourth-order valence-corrected chi connectivity index (χ4v) is 2.86. The van der Waals surface area contributed by atoms with Gasteiger partial charge in [0.1, 0.15) is 0 Å². The molecule has 21 heavy (non-hydrogen) atoms. The summed E-state index contributed by atoms with van der Waals surface area (Å²) in [6.45, 7) is 15.1. The SMILES string of the molecule is CCN(CC)CCCN(CC)C(CN)c1ccc(C)cc1. The number of likely N-dealkylation sites (N-methyl/N-ethyl adjacent to an activating group) is 1. The highest BCUT2D eigenvalue weighted by atomic mass is 15.2. The van der Waals surface area contributed by atoms with Gasteiger partial charge >= 0.3 is 0 Å². The Bertz CT molecular complexity index is 371. The van der Waals surface area contributed by atoms with Crippen LogP contribution in [0.2, 0.25) is 0 Å². The molecule has 120 valence electrons. The molecule has 0 radical (unpaired) electrons. The summed E-state index contributed by atoms with van der Waals surface area (Å²) in [4.78, 5) is 4.99. The molecular formula is C18H33N3. The summed E-state index contributed by atoms with van der Waals surface area (Å²) < 4.78 is 0. The van der Waals surface area contributed by atoms with E-state index in [0.29, 0.717) is 12.6 Å². The third-order valence-corrected chi connectivity index (χ3v) is 4.35. The monoisotopic (exact) mass is 291 g/mol. The third kappa shape index (κ3) is 5.77. The first-order valence-corrected chi connectivity index (χ1v) is 8.39. The molecule has 0 saturated heterocycles. The summed E-state index contributed by atoms with van der Waals surface area (Å²) in [6, 6.07) is 9.15. The van der Waals surface area contributed by atoms with Crippen LogP contribution in [0.5, 0.6) is 0 Å². The van der Waals surface area contributed by atoms with E-state index < -0.39 is 0 Å². The highest BCUT2D eigenvalue weighted by molar-refractivity contribution is 5.24. The number of hydrogen-bond acceptors (Lipinski definition) is 3. The van der Waals surface area contributed by atoms with E-state index in [0.717, 1.165) is 26.2 Å². The third-order valence-electron chi connectivity index (χ3n) is 4.35. The highest BCUT2D eigenvalue weighted by Gasteiger charge is 2.17. The van der Waals surface area contributed by atoms with Gasteiger partial charge in [0.25, 0.3) is 0 Å². The van der Waals surface area contributed by atoms with Crippen LogP contribution in [-0.4, -0.2) is 49.1 Å². The molecule has 0 aliphatic rings. The molecule has 1 atom stereocenters. The Morgan fingerprint density at radius 3 is 2.05 bits per heavy atom. The Morgan fingerprint density at radius 1 is 0.952 bits per heavy atom. The van der Waals surface area contributed by atoms with Gasteiger partial charge in [-0.3, -0.25) is 4.90 Å². The summed E-state index contributed by atoms with van der Waals surface area (Å²) in [6.07, 6.45) is 1.21. The zero-order chi connectivity index (χ0) is 15.7. The second-order valence-corrected chi connectivity index (χ2v) is 5.67. The van der Waals surface area contributed by atoms with Gasteiger partial charge in [0.2, 0.25) is 0 Å². The average Bonchev–Trinajstić information content (AvgIpc) is 2.52. The minimum Gasteiger partial charge on any atom is -0.329 e. The lowest BCUT2D eigenvalue weighted by molar-refractivity contribution is 0.193. The first kappa shape index (κ1) is 18.1. The lowest BCUT2D eigenvalue weighted by Gasteiger charge is -2.31. The maximum Gasteiger partial charge on any atom is 0.0470 e. The molecule has 1 unspecified atom stereocenters. The Morgan fingerprint density at radius 2 is 1.57 bits per heavy atom. The maximum absolute atomic E-state index is 6.05. The Kier molecular flexibility index (Phi) is 8.58. The fourth-order valence-electron chi connectivity index (χ4n) is 2.86. The van der Waals surface area contributed by atoms with Gasteiger partial charge in [-0.05, 0) is 45.1 Å². The van der Waals surface area contributed by atoms with Gasteiger partial charge < -0.3 is 10.6 Å². The quantitative estimate of drug-likeness (QED) is 0.719. The van der Waals surface area contributed by atoms with E-state index in [-0.39, 0.29) is 0 Å². The van der Waals surface area contributed by atoms with Crippen LogP contribution in [0, 0.1) is 6.92 Å². The van der Waals surface area contributed by atoms with Crippen LogP contribution >= 0.6 is 0 Å². The average molecular weight is 291 g/mol. The summed E-state index contributed by atoms with van der Waals surface area (Å²) in [5, 5.41) is 0. The minimum atomic E-state index is 0.340. The van der Waals surface area contributed by atoms with E-state index >= 15 is 0 Å². The van der Waals surface area contributed by atoms with Gasteiger partial charge in [-0.1, -0.05) is 50.6 Å². The standard InChI is InChI=1S/C18H33N3/c1-5-20(6-2)13-8-14-21(7-3)18(15-19)17-11-9-16(4)10-12-17/h9-12,18H,5-8,13-15,19H2,1-4H3. The predicted octanol–water partition coefficient (Wildman–Crippen LogP) is 3.05.